The highest BCUT2D eigenvalue weighted by atomic mass is 16.5. The van der Waals surface area contributed by atoms with Gasteiger partial charge in [-0.25, -0.2) is 0 Å². The molecule has 0 spiro atoms. The van der Waals surface area contributed by atoms with E-state index in [9.17, 15) is 4.79 Å². The van der Waals surface area contributed by atoms with E-state index in [-0.39, 0.29) is 5.92 Å². The number of rotatable bonds is 10. The molecule has 106 valence electrons. The predicted molar refractivity (Wildman–Crippen MR) is 68.6 cm³/mol. The van der Waals surface area contributed by atoms with E-state index in [1.54, 1.807) is 7.11 Å². The Morgan fingerprint density at radius 3 is 2.89 bits per heavy atom. The van der Waals surface area contributed by atoms with Crippen LogP contribution in [0.1, 0.15) is 25.7 Å². The van der Waals surface area contributed by atoms with Crippen molar-refractivity contribution in [3.8, 4) is 0 Å². The summed E-state index contributed by atoms with van der Waals surface area (Å²) in [5.41, 5.74) is 0. The SMILES string of the molecule is COCCOCCCNCC1CCCC1C(=O)O. The highest BCUT2D eigenvalue weighted by Gasteiger charge is 2.32. The van der Waals surface area contributed by atoms with Crippen LogP contribution in [0.25, 0.3) is 0 Å². The number of ether oxygens (including phenoxy) is 2. The fraction of sp³-hybridized carbons (Fsp3) is 0.923. The third kappa shape index (κ3) is 5.80. The van der Waals surface area contributed by atoms with Gasteiger partial charge in [0, 0.05) is 13.7 Å². The van der Waals surface area contributed by atoms with Gasteiger partial charge in [-0.1, -0.05) is 6.42 Å². The van der Waals surface area contributed by atoms with E-state index in [1.807, 2.05) is 0 Å². The van der Waals surface area contributed by atoms with Gasteiger partial charge in [-0.2, -0.15) is 0 Å². The van der Waals surface area contributed by atoms with E-state index in [4.69, 9.17) is 14.6 Å². The van der Waals surface area contributed by atoms with E-state index in [0.717, 1.165) is 45.4 Å². The second-order valence-electron chi connectivity index (χ2n) is 4.80. The number of carbonyl (C=O) groups is 1. The molecule has 2 unspecified atom stereocenters. The van der Waals surface area contributed by atoms with Crippen LogP contribution >= 0.6 is 0 Å². The molecule has 0 aliphatic heterocycles. The van der Waals surface area contributed by atoms with Crippen LogP contribution in [0.2, 0.25) is 0 Å². The van der Waals surface area contributed by atoms with Gasteiger partial charge < -0.3 is 19.9 Å². The van der Waals surface area contributed by atoms with Crippen molar-refractivity contribution in [1.29, 1.82) is 0 Å². The van der Waals surface area contributed by atoms with Crippen molar-refractivity contribution in [2.75, 3.05) is 40.0 Å². The van der Waals surface area contributed by atoms with E-state index < -0.39 is 5.97 Å². The largest absolute Gasteiger partial charge is 0.481 e. The molecule has 2 N–H and O–H groups in total. The first kappa shape index (κ1) is 15.4. The second kappa shape index (κ2) is 9.30. The summed E-state index contributed by atoms with van der Waals surface area (Å²) in [6.45, 7) is 3.70. The number of nitrogens with one attached hydrogen (secondary N) is 1. The maximum absolute atomic E-state index is 11.0. The molecular formula is C13H25NO4. The number of hydrogen-bond donors (Lipinski definition) is 2. The number of methoxy groups -OCH3 is 1. The van der Waals surface area contributed by atoms with Crippen molar-refractivity contribution in [2.24, 2.45) is 11.8 Å². The Morgan fingerprint density at radius 1 is 1.33 bits per heavy atom. The van der Waals surface area contributed by atoms with E-state index in [1.165, 1.54) is 0 Å². The molecule has 0 saturated heterocycles. The lowest BCUT2D eigenvalue weighted by atomic mass is 9.96. The Labute approximate surface area is 109 Å². The third-order valence-electron chi connectivity index (χ3n) is 3.46. The predicted octanol–water partition coefficient (Wildman–Crippen LogP) is 1.13. The minimum absolute atomic E-state index is 0.143. The molecule has 0 heterocycles. The molecule has 5 heteroatoms. The molecule has 1 fully saturated rings. The maximum Gasteiger partial charge on any atom is 0.306 e. The molecular weight excluding hydrogens is 234 g/mol. The Balaban J connectivity index is 1.96. The molecule has 0 aromatic rings. The number of aliphatic carboxylic acids is 1. The maximum atomic E-state index is 11.0. The van der Waals surface area contributed by atoms with Crippen LogP contribution in [-0.4, -0.2) is 51.1 Å². The zero-order valence-corrected chi connectivity index (χ0v) is 11.2. The summed E-state index contributed by atoms with van der Waals surface area (Å²) in [4.78, 5) is 11.0. The molecule has 0 radical (unpaired) electrons. The van der Waals surface area contributed by atoms with Gasteiger partial charge in [-0.15, -0.1) is 0 Å². The topological polar surface area (TPSA) is 67.8 Å². The molecule has 0 aromatic carbocycles. The standard InChI is InChI=1S/C13H25NO4/c1-17-8-9-18-7-3-6-14-10-11-4-2-5-12(11)13(15)16/h11-12,14H,2-10H2,1H3,(H,15,16). The van der Waals surface area contributed by atoms with Crippen LogP contribution < -0.4 is 5.32 Å². The third-order valence-corrected chi connectivity index (χ3v) is 3.46. The fourth-order valence-corrected chi connectivity index (χ4v) is 2.44. The van der Waals surface area contributed by atoms with Gasteiger partial charge in [0.05, 0.1) is 19.1 Å². The first-order chi connectivity index (χ1) is 8.75. The summed E-state index contributed by atoms with van der Waals surface area (Å²) in [6, 6.07) is 0. The first-order valence-electron chi connectivity index (χ1n) is 6.76. The van der Waals surface area contributed by atoms with Crippen molar-refractivity contribution in [3.63, 3.8) is 0 Å². The van der Waals surface area contributed by atoms with Crippen molar-refractivity contribution in [3.05, 3.63) is 0 Å². The monoisotopic (exact) mass is 259 g/mol. The lowest BCUT2D eigenvalue weighted by Crippen LogP contribution is -2.30. The van der Waals surface area contributed by atoms with Gasteiger partial charge >= 0.3 is 5.97 Å². The van der Waals surface area contributed by atoms with Crippen molar-refractivity contribution in [1.82, 2.24) is 5.32 Å². The summed E-state index contributed by atoms with van der Waals surface area (Å²) >= 11 is 0. The number of carboxylic acid groups (broad SMARTS) is 1. The molecule has 1 aliphatic rings. The molecule has 0 amide bonds. The average Bonchev–Trinajstić information content (AvgIpc) is 2.81. The molecule has 0 bridgehead atoms. The summed E-state index contributed by atoms with van der Waals surface area (Å²) in [5, 5.41) is 12.4. The van der Waals surface area contributed by atoms with Crippen LogP contribution in [0.5, 0.6) is 0 Å². The van der Waals surface area contributed by atoms with Gasteiger partial charge in [0.15, 0.2) is 0 Å². The van der Waals surface area contributed by atoms with Crippen LogP contribution in [0, 0.1) is 11.8 Å². The quantitative estimate of drug-likeness (QED) is 0.576. The van der Waals surface area contributed by atoms with Crippen molar-refractivity contribution < 1.29 is 19.4 Å². The Hall–Kier alpha value is -0.650. The van der Waals surface area contributed by atoms with Crippen LogP contribution in [0.3, 0.4) is 0 Å². The molecule has 18 heavy (non-hydrogen) atoms. The summed E-state index contributed by atoms with van der Waals surface area (Å²) in [7, 11) is 1.66. The Morgan fingerprint density at radius 2 is 2.17 bits per heavy atom. The van der Waals surface area contributed by atoms with Gasteiger partial charge in [0.1, 0.15) is 0 Å². The molecule has 5 nitrogen and oxygen atoms in total. The minimum Gasteiger partial charge on any atom is -0.481 e. The van der Waals surface area contributed by atoms with E-state index >= 15 is 0 Å². The lowest BCUT2D eigenvalue weighted by Gasteiger charge is -2.16. The van der Waals surface area contributed by atoms with Gasteiger partial charge in [0.2, 0.25) is 0 Å². The molecule has 0 aromatic heterocycles. The smallest absolute Gasteiger partial charge is 0.306 e. The number of carboxylic acids is 1. The van der Waals surface area contributed by atoms with Crippen LogP contribution in [0.4, 0.5) is 0 Å². The van der Waals surface area contributed by atoms with Crippen LogP contribution in [-0.2, 0) is 14.3 Å². The zero-order chi connectivity index (χ0) is 13.2. The summed E-state index contributed by atoms with van der Waals surface area (Å²) in [5.74, 6) is -0.477. The lowest BCUT2D eigenvalue weighted by molar-refractivity contribution is -0.142. The average molecular weight is 259 g/mol. The summed E-state index contributed by atoms with van der Waals surface area (Å²) in [6.07, 6.45) is 3.87. The fourth-order valence-electron chi connectivity index (χ4n) is 2.44. The molecule has 2 atom stereocenters. The van der Waals surface area contributed by atoms with Gasteiger partial charge in [-0.3, -0.25) is 4.79 Å². The van der Waals surface area contributed by atoms with Crippen molar-refractivity contribution in [2.45, 2.75) is 25.7 Å². The zero-order valence-electron chi connectivity index (χ0n) is 11.2. The Kier molecular flexibility index (Phi) is 7.96. The molecule has 1 rings (SSSR count). The van der Waals surface area contributed by atoms with Gasteiger partial charge in [0.25, 0.3) is 0 Å². The second-order valence-corrected chi connectivity index (χ2v) is 4.80. The van der Waals surface area contributed by atoms with Crippen LogP contribution in [0.15, 0.2) is 0 Å². The molecule has 1 saturated carbocycles. The highest BCUT2D eigenvalue weighted by Crippen LogP contribution is 2.31. The van der Waals surface area contributed by atoms with E-state index in [2.05, 4.69) is 5.32 Å². The first-order valence-corrected chi connectivity index (χ1v) is 6.76. The van der Waals surface area contributed by atoms with E-state index in [0.29, 0.717) is 19.1 Å². The van der Waals surface area contributed by atoms with Crippen molar-refractivity contribution >= 4 is 5.97 Å². The molecule has 1 aliphatic carbocycles. The number of hydrogen-bond acceptors (Lipinski definition) is 4. The van der Waals surface area contributed by atoms with Gasteiger partial charge in [-0.05, 0) is 38.3 Å². The minimum atomic E-state index is -0.637. The normalized spacial score (nSPS) is 23.4. The Bertz CT molecular complexity index is 235. The summed E-state index contributed by atoms with van der Waals surface area (Å²) < 4.78 is 10.2. The highest BCUT2D eigenvalue weighted by molar-refractivity contribution is 5.70.